The molecule has 0 aromatic heterocycles. The molecule has 2 aromatic rings. The monoisotopic (exact) mass is 300 g/mol. The summed E-state index contributed by atoms with van der Waals surface area (Å²) in [5.41, 5.74) is 0.206. The van der Waals surface area contributed by atoms with Crippen molar-refractivity contribution in [3.8, 4) is 11.1 Å². The summed E-state index contributed by atoms with van der Waals surface area (Å²) in [4.78, 5) is 0. The van der Waals surface area contributed by atoms with Crippen LogP contribution in [0.2, 0.25) is 0 Å². The third-order valence-electron chi connectivity index (χ3n) is 2.87. The van der Waals surface area contributed by atoms with Gasteiger partial charge in [0.05, 0.1) is 0 Å². The van der Waals surface area contributed by atoms with Crippen molar-refractivity contribution in [3.63, 3.8) is 0 Å². The number of aliphatic hydroxyl groups is 2. The molecule has 106 valence electrons. The first-order valence-electron chi connectivity index (χ1n) is 5.60. The summed E-state index contributed by atoms with van der Waals surface area (Å²) in [6, 6.07) is 6.51. The molecular weight excluding hydrogens is 289 g/mol. The van der Waals surface area contributed by atoms with Gasteiger partial charge in [-0.1, -0.05) is 24.3 Å². The van der Waals surface area contributed by atoms with Crippen molar-refractivity contribution >= 4 is 10.5 Å². The van der Waals surface area contributed by atoms with Crippen LogP contribution in [0.4, 0.5) is 13.2 Å². The molecule has 0 spiro atoms. The van der Waals surface area contributed by atoms with Crippen molar-refractivity contribution in [1.29, 1.82) is 0 Å². The zero-order valence-corrected chi connectivity index (χ0v) is 12.4. The maximum Gasteiger partial charge on any atom is 0.296 e. The second kappa shape index (κ2) is 5.37. The van der Waals surface area contributed by atoms with E-state index < -0.39 is 23.4 Å². The van der Waals surface area contributed by atoms with Crippen molar-refractivity contribution in [2.45, 2.75) is 5.97 Å². The first-order valence-corrected chi connectivity index (χ1v) is 6.42. The highest BCUT2D eigenvalue weighted by Crippen LogP contribution is 2.27. The quantitative estimate of drug-likeness (QED) is 0.508. The molecule has 3 nitrogen and oxygen atoms in total. The fourth-order valence-electron chi connectivity index (χ4n) is 1.73. The van der Waals surface area contributed by atoms with Crippen molar-refractivity contribution in [3.05, 3.63) is 59.4 Å². The van der Waals surface area contributed by atoms with Gasteiger partial charge in [-0.3, -0.25) is 0 Å². The van der Waals surface area contributed by atoms with Gasteiger partial charge in [0, 0.05) is 17.2 Å². The van der Waals surface area contributed by atoms with E-state index in [1.807, 2.05) is 0 Å². The Hall–Kier alpha value is -1.67. The van der Waals surface area contributed by atoms with E-state index in [0.717, 1.165) is 6.07 Å². The summed E-state index contributed by atoms with van der Waals surface area (Å²) in [5, 5.41) is 19.0. The van der Waals surface area contributed by atoms with Crippen molar-refractivity contribution in [1.82, 2.24) is 0 Å². The van der Waals surface area contributed by atoms with Gasteiger partial charge in [0.15, 0.2) is 22.1 Å². The molecular formula is C13H11F3O3Si. The van der Waals surface area contributed by atoms with Crippen LogP contribution in [0.3, 0.4) is 0 Å². The van der Waals surface area contributed by atoms with Crippen molar-refractivity contribution in [2.75, 3.05) is 0 Å². The van der Waals surface area contributed by atoms with Crippen LogP contribution in [0, 0.1) is 17.5 Å². The molecule has 0 aliphatic rings. The van der Waals surface area contributed by atoms with Crippen LogP contribution in [0.25, 0.3) is 11.1 Å². The van der Waals surface area contributed by atoms with Crippen LogP contribution in [-0.2, 0) is 10.4 Å². The third kappa shape index (κ3) is 2.75. The highest BCUT2D eigenvalue weighted by Gasteiger charge is 2.24. The average molecular weight is 300 g/mol. The van der Waals surface area contributed by atoms with Gasteiger partial charge in [0.1, 0.15) is 5.82 Å². The minimum absolute atomic E-state index is 0.0549. The fraction of sp³-hybridized carbons (Fsp3) is 0.0769. The number of benzene rings is 2. The van der Waals surface area contributed by atoms with E-state index in [2.05, 4.69) is 4.43 Å². The molecule has 0 saturated carbocycles. The minimum Gasteiger partial charge on any atom is -0.377 e. The maximum atomic E-state index is 13.6. The average Bonchev–Trinajstić information content (AvgIpc) is 2.43. The predicted molar refractivity (Wildman–Crippen MR) is 68.9 cm³/mol. The molecule has 0 radical (unpaired) electrons. The molecule has 2 N–H and O–H groups in total. The molecule has 2 aromatic carbocycles. The van der Waals surface area contributed by atoms with Crippen LogP contribution in [0.1, 0.15) is 5.56 Å². The zero-order chi connectivity index (χ0) is 14.9. The Bertz CT molecular complexity index is 630. The topological polar surface area (TPSA) is 49.7 Å². The van der Waals surface area contributed by atoms with Crippen molar-refractivity contribution < 1.29 is 27.8 Å². The Balaban J connectivity index is 2.43. The molecule has 0 heterocycles. The van der Waals surface area contributed by atoms with E-state index in [4.69, 9.17) is 0 Å². The Kier molecular flexibility index (Phi) is 3.96. The summed E-state index contributed by atoms with van der Waals surface area (Å²) < 4.78 is 44.2. The lowest BCUT2D eigenvalue weighted by atomic mass is 10.0. The second-order valence-corrected chi connectivity index (χ2v) is 4.54. The number of hydrogen-bond acceptors (Lipinski definition) is 3. The van der Waals surface area contributed by atoms with E-state index in [-0.39, 0.29) is 27.2 Å². The molecule has 20 heavy (non-hydrogen) atoms. The lowest BCUT2D eigenvalue weighted by Crippen LogP contribution is -2.27. The molecule has 7 heteroatoms. The standard InChI is InChI=1S/C13H11F3O3Si/c14-10-6-12(16)11(15)5-9(10)7-1-3-8(4-2-7)13(17,18)19-20/h1-6,17-18H,20H3. The van der Waals surface area contributed by atoms with E-state index in [1.54, 1.807) is 0 Å². The summed E-state index contributed by atoms with van der Waals surface area (Å²) in [6.07, 6.45) is 0. The highest BCUT2D eigenvalue weighted by atomic mass is 28.2. The smallest absolute Gasteiger partial charge is 0.296 e. The van der Waals surface area contributed by atoms with Crippen LogP contribution < -0.4 is 0 Å². The van der Waals surface area contributed by atoms with Gasteiger partial charge in [0.2, 0.25) is 0 Å². The predicted octanol–water partition coefficient (Wildman–Crippen LogP) is 1.16. The van der Waals surface area contributed by atoms with Gasteiger partial charge in [-0.05, 0) is 11.6 Å². The summed E-state index contributed by atoms with van der Waals surface area (Å²) >= 11 is 0. The van der Waals surface area contributed by atoms with Crippen LogP contribution in [-0.4, -0.2) is 20.7 Å². The fourth-order valence-corrected chi connectivity index (χ4v) is 1.96. The molecule has 0 unspecified atom stereocenters. The molecule has 0 aliphatic carbocycles. The molecule has 0 bridgehead atoms. The molecule has 0 atom stereocenters. The van der Waals surface area contributed by atoms with Gasteiger partial charge in [-0.2, -0.15) is 0 Å². The first-order chi connectivity index (χ1) is 9.35. The van der Waals surface area contributed by atoms with Crippen LogP contribution in [0.15, 0.2) is 36.4 Å². The number of rotatable bonds is 3. The zero-order valence-electron chi connectivity index (χ0n) is 10.4. The van der Waals surface area contributed by atoms with E-state index in [0.29, 0.717) is 6.07 Å². The molecule has 0 fully saturated rings. The van der Waals surface area contributed by atoms with Gasteiger partial charge >= 0.3 is 0 Å². The van der Waals surface area contributed by atoms with Crippen molar-refractivity contribution in [2.24, 2.45) is 0 Å². The Morgan fingerprint density at radius 3 is 2.00 bits per heavy atom. The largest absolute Gasteiger partial charge is 0.377 e. The SMILES string of the molecule is OC(O)(O[SiH3])c1ccc(-c2cc(F)c(F)cc2F)cc1. The third-order valence-corrected chi connectivity index (χ3v) is 3.44. The molecule has 2 rings (SSSR count). The van der Waals surface area contributed by atoms with Gasteiger partial charge in [0.25, 0.3) is 5.97 Å². The highest BCUT2D eigenvalue weighted by molar-refractivity contribution is 5.98. The molecule has 0 saturated heterocycles. The lowest BCUT2D eigenvalue weighted by Gasteiger charge is -2.20. The Labute approximate surface area is 115 Å². The summed E-state index contributed by atoms with van der Waals surface area (Å²) in [6.45, 7) is 0. The summed E-state index contributed by atoms with van der Waals surface area (Å²) in [5.74, 6) is -5.74. The van der Waals surface area contributed by atoms with E-state index >= 15 is 0 Å². The second-order valence-electron chi connectivity index (χ2n) is 4.14. The normalized spacial score (nSPS) is 11.8. The number of hydrogen-bond donors (Lipinski definition) is 2. The maximum absolute atomic E-state index is 13.6. The molecule has 0 amide bonds. The summed E-state index contributed by atoms with van der Waals surface area (Å²) in [7, 11) is 0.101. The van der Waals surface area contributed by atoms with Gasteiger partial charge < -0.3 is 14.6 Å². The first kappa shape index (κ1) is 14.7. The van der Waals surface area contributed by atoms with Crippen LogP contribution >= 0.6 is 0 Å². The van der Waals surface area contributed by atoms with Gasteiger partial charge in [-0.25, -0.2) is 13.2 Å². The van der Waals surface area contributed by atoms with Crippen LogP contribution in [0.5, 0.6) is 0 Å². The van der Waals surface area contributed by atoms with E-state index in [9.17, 15) is 23.4 Å². The Morgan fingerprint density at radius 1 is 0.900 bits per heavy atom. The lowest BCUT2D eigenvalue weighted by molar-refractivity contribution is -0.303. The van der Waals surface area contributed by atoms with E-state index in [1.165, 1.54) is 24.3 Å². The number of halogens is 3. The van der Waals surface area contributed by atoms with Gasteiger partial charge in [-0.15, -0.1) is 0 Å². The Morgan fingerprint density at radius 2 is 1.45 bits per heavy atom. The minimum atomic E-state index is -2.41. The molecule has 0 aliphatic heterocycles.